The van der Waals surface area contributed by atoms with Crippen molar-refractivity contribution in [3.63, 3.8) is 0 Å². The SMILES string of the molecule is CSCCC(N)C(=O)NC(Cc1c[nH]c2ccccc12)C(=O)NC(CCCN=C(N)N)C(=O)NC(CC(N)=O)C(=O)O. The first-order valence-electron chi connectivity index (χ1n) is 13.2. The van der Waals surface area contributed by atoms with Crippen LogP contribution in [0.5, 0.6) is 0 Å². The fourth-order valence-electron chi connectivity index (χ4n) is 4.10. The molecule has 0 saturated carbocycles. The fraction of sp³-hybridized carbons (Fsp3) is 0.462. The number of carbonyl (C=O) groups is 5. The van der Waals surface area contributed by atoms with Crippen LogP contribution >= 0.6 is 11.8 Å². The first kappa shape index (κ1) is 33.9. The van der Waals surface area contributed by atoms with Crippen molar-refractivity contribution in [3.05, 3.63) is 36.0 Å². The lowest BCUT2D eigenvalue weighted by Crippen LogP contribution is -2.57. The van der Waals surface area contributed by atoms with Crippen molar-refractivity contribution in [2.24, 2.45) is 27.9 Å². The zero-order valence-electron chi connectivity index (χ0n) is 23.3. The standard InChI is InChI=1S/C26H39N9O6S/c1-42-10-8-16(27)22(37)34-19(11-14-13-32-17-6-3-2-5-15(14)17)24(39)33-18(7-4-9-31-26(29)30)23(38)35-20(25(40)41)12-21(28)36/h2-3,5-6,13,16,18-20,32H,4,7-12,27H2,1H3,(H2,28,36)(H,33,39)(H,34,37)(H,35,38)(H,40,41)(H4,29,30,31). The summed E-state index contributed by atoms with van der Waals surface area (Å²) in [4.78, 5) is 69.5. The van der Waals surface area contributed by atoms with Crippen molar-refractivity contribution in [1.29, 1.82) is 0 Å². The van der Waals surface area contributed by atoms with Crippen LogP contribution in [-0.4, -0.2) is 88.4 Å². The molecule has 4 unspecified atom stereocenters. The van der Waals surface area contributed by atoms with Gasteiger partial charge in [0.15, 0.2) is 5.96 Å². The molecular formula is C26H39N9O6S. The van der Waals surface area contributed by atoms with E-state index in [2.05, 4.69) is 25.9 Å². The number of primary amides is 1. The van der Waals surface area contributed by atoms with Crippen molar-refractivity contribution < 1.29 is 29.1 Å². The number of guanidine groups is 1. The molecule has 0 bridgehead atoms. The van der Waals surface area contributed by atoms with Crippen LogP contribution in [0.25, 0.3) is 10.9 Å². The summed E-state index contributed by atoms with van der Waals surface area (Å²) in [6.45, 7) is 0.130. The predicted molar refractivity (Wildman–Crippen MR) is 160 cm³/mol. The number of amides is 4. The van der Waals surface area contributed by atoms with Gasteiger partial charge in [0.05, 0.1) is 12.5 Å². The van der Waals surface area contributed by atoms with Crippen molar-refractivity contribution >= 4 is 58.2 Å². The Morgan fingerprint density at radius 3 is 2.24 bits per heavy atom. The summed E-state index contributed by atoms with van der Waals surface area (Å²) < 4.78 is 0. The van der Waals surface area contributed by atoms with Crippen LogP contribution < -0.4 is 38.9 Å². The van der Waals surface area contributed by atoms with Gasteiger partial charge in [-0.15, -0.1) is 0 Å². The highest BCUT2D eigenvalue weighted by atomic mass is 32.2. The van der Waals surface area contributed by atoms with Crippen molar-refractivity contribution in [3.8, 4) is 0 Å². The van der Waals surface area contributed by atoms with Crippen molar-refractivity contribution in [1.82, 2.24) is 20.9 Å². The van der Waals surface area contributed by atoms with Gasteiger partial charge in [-0.2, -0.15) is 11.8 Å². The van der Waals surface area contributed by atoms with Crippen LogP contribution in [0.1, 0.15) is 31.2 Å². The molecule has 0 aliphatic carbocycles. The van der Waals surface area contributed by atoms with E-state index in [0.717, 1.165) is 16.5 Å². The average molecular weight is 606 g/mol. The van der Waals surface area contributed by atoms with Crippen LogP contribution in [0.15, 0.2) is 35.5 Å². The number of carboxylic acids is 1. The lowest BCUT2D eigenvalue weighted by molar-refractivity contribution is -0.143. The maximum atomic E-state index is 13.6. The molecule has 0 fully saturated rings. The van der Waals surface area contributed by atoms with Crippen LogP contribution in [0.3, 0.4) is 0 Å². The summed E-state index contributed by atoms with van der Waals surface area (Å²) in [6, 6.07) is 2.57. The summed E-state index contributed by atoms with van der Waals surface area (Å²) >= 11 is 1.53. The van der Waals surface area contributed by atoms with E-state index in [9.17, 15) is 29.1 Å². The summed E-state index contributed by atoms with van der Waals surface area (Å²) in [7, 11) is 0. The molecule has 2 rings (SSSR count). The second-order valence-electron chi connectivity index (χ2n) is 9.59. The third-order valence-electron chi connectivity index (χ3n) is 6.30. The van der Waals surface area contributed by atoms with Gasteiger partial charge in [0.2, 0.25) is 23.6 Å². The molecule has 13 N–H and O–H groups in total. The second-order valence-corrected chi connectivity index (χ2v) is 10.6. The number of aliphatic imine (C=N–C) groups is 1. The Balaban J connectivity index is 2.32. The first-order valence-corrected chi connectivity index (χ1v) is 14.6. The van der Waals surface area contributed by atoms with Gasteiger partial charge >= 0.3 is 5.97 Å². The van der Waals surface area contributed by atoms with E-state index in [0.29, 0.717) is 12.2 Å². The fourth-order valence-corrected chi connectivity index (χ4v) is 4.59. The van der Waals surface area contributed by atoms with Gasteiger partial charge in [-0.3, -0.25) is 24.2 Å². The van der Waals surface area contributed by atoms with Gasteiger partial charge in [-0.05, 0) is 42.9 Å². The number of aromatic amines is 1. The van der Waals surface area contributed by atoms with Crippen molar-refractivity contribution in [2.45, 2.75) is 56.3 Å². The van der Waals surface area contributed by atoms with Crippen LogP contribution in [0.2, 0.25) is 0 Å². The molecule has 1 aromatic heterocycles. The third kappa shape index (κ3) is 10.9. The molecule has 4 atom stereocenters. The molecule has 0 aliphatic heterocycles. The largest absolute Gasteiger partial charge is 0.480 e. The van der Waals surface area contributed by atoms with Gasteiger partial charge in [-0.1, -0.05) is 18.2 Å². The Labute approximate surface area is 247 Å². The number of aromatic nitrogens is 1. The Bertz CT molecular complexity index is 1280. The van der Waals surface area contributed by atoms with Gasteiger partial charge in [-0.25, -0.2) is 4.79 Å². The molecular weight excluding hydrogens is 566 g/mol. The molecule has 16 heteroatoms. The number of hydrogen-bond acceptors (Lipinski definition) is 8. The molecule has 1 heterocycles. The topological polar surface area (TPSA) is 274 Å². The maximum Gasteiger partial charge on any atom is 0.326 e. The zero-order chi connectivity index (χ0) is 31.2. The quantitative estimate of drug-likeness (QED) is 0.0525. The van der Waals surface area contributed by atoms with Gasteiger partial charge in [0.1, 0.15) is 18.1 Å². The normalized spacial score (nSPS) is 13.8. The molecule has 2 aromatic rings. The number of fused-ring (bicyclic) bond motifs is 1. The summed E-state index contributed by atoms with van der Waals surface area (Å²) in [5.41, 5.74) is 23.4. The number of carboxylic acid groups (broad SMARTS) is 1. The molecule has 4 amide bonds. The van der Waals surface area contributed by atoms with E-state index in [1.54, 1.807) is 6.20 Å². The summed E-state index contributed by atoms with van der Waals surface area (Å²) in [5, 5.41) is 17.8. The minimum atomic E-state index is -1.61. The number of thioether (sulfide) groups is 1. The Kier molecular flexibility index (Phi) is 13.6. The molecule has 15 nitrogen and oxygen atoms in total. The van der Waals surface area contributed by atoms with Crippen LogP contribution in [0.4, 0.5) is 0 Å². The molecule has 0 spiro atoms. The average Bonchev–Trinajstić information content (AvgIpc) is 3.34. The van der Waals surface area contributed by atoms with E-state index < -0.39 is 60.2 Å². The van der Waals surface area contributed by atoms with Crippen molar-refractivity contribution in [2.75, 3.05) is 18.6 Å². The number of H-pyrrole nitrogens is 1. The Hall–Kier alpha value is -4.31. The van der Waals surface area contributed by atoms with E-state index in [-0.39, 0.29) is 31.8 Å². The third-order valence-corrected chi connectivity index (χ3v) is 6.94. The van der Waals surface area contributed by atoms with Crippen LogP contribution in [0, 0.1) is 0 Å². The van der Waals surface area contributed by atoms with E-state index in [4.69, 9.17) is 22.9 Å². The number of para-hydroxylation sites is 1. The number of rotatable bonds is 18. The van der Waals surface area contributed by atoms with Gasteiger partial charge < -0.3 is 49.0 Å². The molecule has 0 aliphatic rings. The predicted octanol–water partition coefficient (Wildman–Crippen LogP) is -1.74. The number of nitrogens with two attached hydrogens (primary N) is 4. The van der Waals surface area contributed by atoms with Gasteiger partial charge in [0.25, 0.3) is 0 Å². The molecule has 1 aromatic carbocycles. The number of hydrogen-bond donors (Lipinski definition) is 9. The van der Waals surface area contributed by atoms with E-state index in [1.807, 2.05) is 30.5 Å². The smallest absolute Gasteiger partial charge is 0.326 e. The number of nitrogens with one attached hydrogen (secondary N) is 4. The zero-order valence-corrected chi connectivity index (χ0v) is 24.1. The molecule has 42 heavy (non-hydrogen) atoms. The molecule has 0 saturated heterocycles. The maximum absolute atomic E-state index is 13.6. The minimum absolute atomic E-state index is 0.0122. The minimum Gasteiger partial charge on any atom is -0.480 e. The number of aliphatic carboxylic acids is 1. The highest BCUT2D eigenvalue weighted by Gasteiger charge is 2.31. The Morgan fingerprint density at radius 1 is 0.952 bits per heavy atom. The monoisotopic (exact) mass is 605 g/mol. The number of benzene rings is 1. The van der Waals surface area contributed by atoms with Gasteiger partial charge in [0, 0.05) is 30.1 Å². The molecule has 0 radical (unpaired) electrons. The second kappa shape index (κ2) is 16.8. The lowest BCUT2D eigenvalue weighted by atomic mass is 10.0. The van der Waals surface area contributed by atoms with E-state index >= 15 is 0 Å². The highest BCUT2D eigenvalue weighted by Crippen LogP contribution is 2.19. The van der Waals surface area contributed by atoms with E-state index in [1.165, 1.54) is 11.8 Å². The molecule has 230 valence electrons. The highest BCUT2D eigenvalue weighted by molar-refractivity contribution is 7.98. The Morgan fingerprint density at radius 2 is 1.60 bits per heavy atom. The number of nitrogens with zero attached hydrogens (tertiary/aromatic N) is 1. The number of carbonyl (C=O) groups excluding carboxylic acids is 4. The summed E-state index contributed by atoms with van der Waals surface area (Å²) in [6.07, 6.45) is 3.67. The lowest BCUT2D eigenvalue weighted by Gasteiger charge is -2.25. The summed E-state index contributed by atoms with van der Waals surface area (Å²) in [5.74, 6) is -4.03. The van der Waals surface area contributed by atoms with Crippen LogP contribution in [-0.2, 0) is 30.4 Å². The first-order chi connectivity index (χ1) is 19.9.